The van der Waals surface area contributed by atoms with Crippen molar-refractivity contribution < 1.29 is 29.0 Å². The van der Waals surface area contributed by atoms with Crippen LogP contribution in [0.4, 0.5) is 5.69 Å². The Labute approximate surface area is 242 Å². The highest BCUT2D eigenvalue weighted by Crippen LogP contribution is 2.59. The first-order valence-electron chi connectivity index (χ1n) is 15.0. The molecule has 1 aromatic rings. The Morgan fingerprint density at radius 1 is 0.951 bits per heavy atom. The van der Waals surface area contributed by atoms with Gasteiger partial charge < -0.3 is 29.3 Å². The third kappa shape index (κ3) is 4.48. The van der Waals surface area contributed by atoms with Gasteiger partial charge in [-0.15, -0.1) is 0 Å². The fraction of sp³-hybridized carbons (Fsp3) is 0.594. The van der Waals surface area contributed by atoms with Gasteiger partial charge in [-0.05, 0) is 57.9 Å². The second kappa shape index (κ2) is 11.2. The molecule has 2 saturated heterocycles. The Bertz CT molecular complexity index is 1230. The molecule has 7 atom stereocenters. The first kappa shape index (κ1) is 29.3. The number of nitrogens with zero attached hydrogens (tertiary/aromatic N) is 3. The van der Waals surface area contributed by atoms with E-state index in [0.29, 0.717) is 37.6 Å². The maximum absolute atomic E-state index is 14.6. The summed E-state index contributed by atoms with van der Waals surface area (Å²) >= 11 is 0. The Balaban J connectivity index is 1.62. The molecule has 0 bridgehead atoms. The molecule has 0 aromatic heterocycles. The molecule has 1 spiro atoms. The maximum atomic E-state index is 14.6. The number of amides is 3. The number of benzene rings is 1. The topological polar surface area (TPSA) is 99.6 Å². The first-order valence-corrected chi connectivity index (χ1v) is 15.0. The minimum Gasteiger partial charge on any atom is -0.494 e. The molecular weight excluding hydrogens is 522 g/mol. The quantitative estimate of drug-likeness (QED) is 0.462. The monoisotopic (exact) mass is 565 g/mol. The van der Waals surface area contributed by atoms with Crippen LogP contribution in [-0.2, 0) is 19.1 Å². The van der Waals surface area contributed by atoms with Gasteiger partial charge in [-0.1, -0.05) is 44.6 Å². The Hall–Kier alpha value is -3.17. The van der Waals surface area contributed by atoms with Crippen LogP contribution in [0.1, 0.15) is 53.9 Å². The fourth-order valence-corrected chi connectivity index (χ4v) is 7.37. The molecule has 2 unspecified atom stereocenters. The minimum absolute atomic E-state index is 0.0311. The Kier molecular flexibility index (Phi) is 8.05. The number of carbonyl (C=O) groups is 3. The molecule has 0 radical (unpaired) electrons. The van der Waals surface area contributed by atoms with Gasteiger partial charge >= 0.3 is 0 Å². The lowest BCUT2D eigenvalue weighted by atomic mass is 9.73. The van der Waals surface area contributed by atoms with Crippen molar-refractivity contribution in [2.75, 3.05) is 31.2 Å². The number of ether oxygens (including phenoxy) is 2. The van der Waals surface area contributed by atoms with Gasteiger partial charge in [0, 0.05) is 24.8 Å². The number of anilines is 1. The molecule has 4 aliphatic rings. The number of fused-ring (bicyclic) bond motifs is 2. The predicted molar refractivity (Wildman–Crippen MR) is 155 cm³/mol. The van der Waals surface area contributed by atoms with E-state index in [9.17, 15) is 19.5 Å². The van der Waals surface area contributed by atoms with Crippen LogP contribution in [0.15, 0.2) is 48.6 Å². The summed E-state index contributed by atoms with van der Waals surface area (Å²) in [4.78, 5) is 48.4. The van der Waals surface area contributed by atoms with Crippen molar-refractivity contribution in [1.82, 2.24) is 9.80 Å². The van der Waals surface area contributed by atoms with Gasteiger partial charge in [0.25, 0.3) is 0 Å². The molecule has 2 fully saturated rings. The van der Waals surface area contributed by atoms with Crippen molar-refractivity contribution in [2.45, 2.75) is 83.2 Å². The largest absolute Gasteiger partial charge is 0.494 e. The molecule has 41 heavy (non-hydrogen) atoms. The van der Waals surface area contributed by atoms with Gasteiger partial charge in [-0.25, -0.2) is 0 Å². The normalized spacial score (nSPS) is 32.4. The lowest BCUT2D eigenvalue weighted by Gasteiger charge is -2.41. The minimum atomic E-state index is -1.33. The van der Waals surface area contributed by atoms with E-state index in [-0.39, 0.29) is 30.4 Å². The molecule has 0 saturated carbocycles. The molecule has 222 valence electrons. The summed E-state index contributed by atoms with van der Waals surface area (Å²) in [5.41, 5.74) is -1.69. The van der Waals surface area contributed by atoms with Crippen LogP contribution >= 0.6 is 0 Å². The third-order valence-electron chi connectivity index (χ3n) is 9.35. The van der Waals surface area contributed by atoms with Gasteiger partial charge in [-0.3, -0.25) is 14.4 Å². The molecule has 3 amide bonds. The smallest absolute Gasteiger partial charge is 0.249 e. The third-order valence-corrected chi connectivity index (χ3v) is 9.35. The zero-order valence-corrected chi connectivity index (χ0v) is 24.8. The highest BCUT2D eigenvalue weighted by molar-refractivity contribution is 6.04. The first-order chi connectivity index (χ1) is 19.7. The van der Waals surface area contributed by atoms with Crippen LogP contribution < -0.4 is 9.64 Å². The van der Waals surface area contributed by atoms with Crippen LogP contribution in [0.5, 0.6) is 5.75 Å². The lowest BCUT2D eigenvalue weighted by Crippen LogP contribution is -2.59. The molecule has 9 heteroatoms. The van der Waals surface area contributed by atoms with E-state index >= 15 is 0 Å². The van der Waals surface area contributed by atoms with E-state index in [1.807, 2.05) is 74.2 Å². The molecule has 0 aliphatic carbocycles. The van der Waals surface area contributed by atoms with Gasteiger partial charge in [0.2, 0.25) is 17.7 Å². The van der Waals surface area contributed by atoms with Crippen LogP contribution in [0.2, 0.25) is 0 Å². The highest BCUT2D eigenvalue weighted by Gasteiger charge is 2.75. The van der Waals surface area contributed by atoms with Crippen LogP contribution in [0.25, 0.3) is 0 Å². The Morgan fingerprint density at radius 2 is 1.66 bits per heavy atom. The van der Waals surface area contributed by atoms with Gasteiger partial charge in [0.1, 0.15) is 17.4 Å². The average Bonchev–Trinajstić information content (AvgIpc) is 3.26. The summed E-state index contributed by atoms with van der Waals surface area (Å²) in [6, 6.07) is 5.74. The second-order valence-electron chi connectivity index (χ2n) is 11.7. The number of likely N-dealkylation sites (tertiary alicyclic amines) is 1. The summed E-state index contributed by atoms with van der Waals surface area (Å²) in [5, 5.41) is 10.2. The molecular formula is C32H43N3O6. The van der Waals surface area contributed by atoms with E-state index < -0.39 is 35.1 Å². The van der Waals surface area contributed by atoms with Crippen molar-refractivity contribution >= 4 is 23.4 Å². The number of aliphatic hydroxyl groups excluding tert-OH is 1. The summed E-state index contributed by atoms with van der Waals surface area (Å²) in [6.45, 7) is 10.7. The van der Waals surface area contributed by atoms with Crippen LogP contribution in [0, 0.1) is 11.8 Å². The molecule has 4 heterocycles. The number of carbonyl (C=O) groups excluding carboxylic acids is 3. The predicted octanol–water partition coefficient (Wildman–Crippen LogP) is 3.32. The highest BCUT2D eigenvalue weighted by atomic mass is 16.5. The average molecular weight is 566 g/mol. The number of hydrogen-bond acceptors (Lipinski definition) is 6. The summed E-state index contributed by atoms with van der Waals surface area (Å²) in [7, 11) is 0. The van der Waals surface area contributed by atoms with Crippen LogP contribution in [-0.4, -0.2) is 88.3 Å². The van der Waals surface area contributed by atoms with Crippen molar-refractivity contribution in [3.8, 4) is 5.75 Å². The Morgan fingerprint density at radius 3 is 2.29 bits per heavy atom. The van der Waals surface area contributed by atoms with Gasteiger partial charge in [0.15, 0.2) is 0 Å². The van der Waals surface area contributed by atoms with Gasteiger partial charge in [0.05, 0.1) is 36.7 Å². The zero-order valence-electron chi connectivity index (χ0n) is 24.8. The summed E-state index contributed by atoms with van der Waals surface area (Å²) in [6.07, 6.45) is 9.86. The zero-order chi connectivity index (χ0) is 29.5. The molecule has 1 N–H and O–H groups in total. The molecule has 9 nitrogen and oxygen atoms in total. The molecule has 5 rings (SSSR count). The summed E-state index contributed by atoms with van der Waals surface area (Å²) in [5.74, 6) is -1.78. The lowest BCUT2D eigenvalue weighted by molar-refractivity contribution is -0.156. The van der Waals surface area contributed by atoms with E-state index in [1.54, 1.807) is 11.8 Å². The van der Waals surface area contributed by atoms with Crippen molar-refractivity contribution in [2.24, 2.45) is 11.8 Å². The number of aliphatic hydroxyl groups is 1. The fourth-order valence-electron chi connectivity index (χ4n) is 7.37. The molecule has 4 aliphatic heterocycles. The van der Waals surface area contributed by atoms with E-state index in [1.165, 1.54) is 4.90 Å². The van der Waals surface area contributed by atoms with Crippen molar-refractivity contribution in [1.29, 1.82) is 0 Å². The number of hydrogen-bond donors (Lipinski definition) is 1. The number of rotatable bonds is 9. The molecule has 1 aromatic carbocycles. The van der Waals surface area contributed by atoms with Crippen LogP contribution in [0.3, 0.4) is 0 Å². The van der Waals surface area contributed by atoms with Gasteiger partial charge in [-0.2, -0.15) is 0 Å². The van der Waals surface area contributed by atoms with E-state index in [4.69, 9.17) is 9.47 Å². The second-order valence-corrected chi connectivity index (χ2v) is 11.7. The van der Waals surface area contributed by atoms with E-state index in [2.05, 4.69) is 6.92 Å². The standard InChI is InChI=1S/C32H43N3O6/c1-6-11-21(4)33-18-10-17-32-26(29(38)35(22(5)20-36)27(32)30(33)39)25-28(37)34(19-9-16-31(25,7-2)41-32)23-12-14-24(15-13-23)40-8-3/h9-10,12-17,21-22,25-27,36H,6-8,11,18-20H2,1-5H3/t21?,22-,25+,26+,27?,31-,32+/m1/s1. The van der Waals surface area contributed by atoms with Crippen molar-refractivity contribution in [3.63, 3.8) is 0 Å². The van der Waals surface area contributed by atoms with E-state index in [0.717, 1.165) is 12.8 Å². The SMILES string of the molecule is CCCC(C)N1CC=C[C@]23O[C@]4(CC)C=CCN(c5ccc(OCC)cc5)C(=O)[C@@H]4[C@H]2C(=O)N([C@H](C)CO)C3C1=O. The maximum Gasteiger partial charge on any atom is 0.249 e. The van der Waals surface area contributed by atoms with Crippen molar-refractivity contribution in [3.05, 3.63) is 48.6 Å². The summed E-state index contributed by atoms with van der Waals surface area (Å²) < 4.78 is 12.6.